The van der Waals surface area contributed by atoms with Crippen molar-refractivity contribution in [3.8, 4) is 11.5 Å². The number of amides is 1. The molecule has 1 aliphatic rings. The van der Waals surface area contributed by atoms with Gasteiger partial charge in [-0.25, -0.2) is 8.42 Å². The maximum absolute atomic E-state index is 13.6. The third-order valence-electron chi connectivity index (χ3n) is 6.55. The first-order chi connectivity index (χ1) is 17.3. The van der Waals surface area contributed by atoms with Gasteiger partial charge >= 0.3 is 0 Å². The highest BCUT2D eigenvalue weighted by Crippen LogP contribution is 2.43. The smallest absolute Gasteiger partial charge is 0.243 e. The maximum Gasteiger partial charge on any atom is 0.243 e. The highest BCUT2D eigenvalue weighted by molar-refractivity contribution is 7.89. The van der Waals surface area contributed by atoms with Gasteiger partial charge in [0.05, 0.1) is 24.5 Å². The highest BCUT2D eigenvalue weighted by atomic mass is 35.5. The summed E-state index contributed by atoms with van der Waals surface area (Å²) in [5.41, 5.74) is -1.14. The van der Waals surface area contributed by atoms with E-state index >= 15 is 0 Å². The van der Waals surface area contributed by atoms with Crippen molar-refractivity contribution in [1.82, 2.24) is 15.0 Å². The van der Waals surface area contributed by atoms with Crippen molar-refractivity contribution in [1.29, 1.82) is 0 Å². The molecule has 1 unspecified atom stereocenters. The molecule has 1 saturated heterocycles. The molecule has 0 aliphatic carbocycles. The van der Waals surface area contributed by atoms with Gasteiger partial charge in [0.2, 0.25) is 15.9 Å². The molecule has 186 valence electrons. The van der Waals surface area contributed by atoms with Gasteiger partial charge in [-0.1, -0.05) is 12.1 Å². The lowest BCUT2D eigenvalue weighted by atomic mass is 9.88. The van der Waals surface area contributed by atoms with E-state index in [9.17, 15) is 13.2 Å². The zero-order chi connectivity index (χ0) is 25.5. The third-order valence-corrected chi connectivity index (χ3v) is 8.67. The van der Waals surface area contributed by atoms with Gasteiger partial charge in [0.15, 0.2) is 0 Å². The van der Waals surface area contributed by atoms with Gasteiger partial charge in [-0.15, -0.1) is 11.6 Å². The molecule has 1 aliphatic heterocycles. The number of carbonyl (C=O) groups is 1. The summed E-state index contributed by atoms with van der Waals surface area (Å²) in [6, 6.07) is 15.6. The normalized spacial score (nSPS) is 18.8. The summed E-state index contributed by atoms with van der Waals surface area (Å²) in [6.07, 6.45) is 3.50. The van der Waals surface area contributed by atoms with Crippen molar-refractivity contribution in [3.63, 3.8) is 0 Å². The number of carbonyl (C=O) groups excluding carboxylic acids is 1. The van der Waals surface area contributed by atoms with Gasteiger partial charge in [0.1, 0.15) is 17.0 Å². The number of fused-ring (bicyclic) bond motifs is 2. The SMILES string of the molecule is COc1ccc2ccc(S(=O)(=O)N[C@@]3(C(Cl)c4cc5cnccc5cc4OC)CCNC3=O)cc2c1. The van der Waals surface area contributed by atoms with Crippen LogP contribution in [0.5, 0.6) is 11.5 Å². The minimum Gasteiger partial charge on any atom is -0.497 e. The topological polar surface area (TPSA) is 107 Å². The third kappa shape index (κ3) is 4.13. The van der Waals surface area contributed by atoms with Crippen molar-refractivity contribution < 1.29 is 22.7 Å². The molecule has 2 N–H and O–H groups in total. The van der Waals surface area contributed by atoms with E-state index in [-0.39, 0.29) is 17.9 Å². The predicted octanol–water partition coefficient (Wildman–Crippen LogP) is 3.92. The van der Waals surface area contributed by atoms with Crippen molar-refractivity contribution >= 4 is 49.1 Å². The number of hydrogen-bond donors (Lipinski definition) is 2. The first-order valence-corrected chi connectivity index (χ1v) is 13.2. The van der Waals surface area contributed by atoms with Crippen LogP contribution in [-0.4, -0.2) is 45.6 Å². The number of hydrogen-bond acceptors (Lipinski definition) is 6. The monoisotopic (exact) mass is 525 g/mol. The van der Waals surface area contributed by atoms with Gasteiger partial charge in [-0.05, 0) is 65.0 Å². The largest absolute Gasteiger partial charge is 0.497 e. The number of halogens is 1. The molecular formula is C26H24ClN3O5S. The van der Waals surface area contributed by atoms with Crippen molar-refractivity contribution in [3.05, 3.63) is 72.6 Å². The van der Waals surface area contributed by atoms with Gasteiger partial charge < -0.3 is 14.8 Å². The average molecular weight is 526 g/mol. The van der Waals surface area contributed by atoms with E-state index in [1.165, 1.54) is 13.2 Å². The molecule has 10 heteroatoms. The number of aromatic nitrogens is 1. The number of ether oxygens (including phenoxy) is 2. The number of nitrogens with one attached hydrogen (secondary N) is 2. The van der Waals surface area contributed by atoms with Crippen LogP contribution in [0.2, 0.25) is 0 Å². The Morgan fingerprint density at radius 3 is 2.53 bits per heavy atom. The van der Waals surface area contributed by atoms with Crippen LogP contribution < -0.4 is 19.5 Å². The van der Waals surface area contributed by atoms with Crippen LogP contribution in [0, 0.1) is 0 Å². The molecule has 1 aromatic heterocycles. The zero-order valence-corrected chi connectivity index (χ0v) is 21.2. The Kier molecular flexibility index (Phi) is 6.23. The van der Waals surface area contributed by atoms with Crippen LogP contribution in [0.25, 0.3) is 21.5 Å². The van der Waals surface area contributed by atoms with Crippen LogP contribution >= 0.6 is 11.6 Å². The molecule has 36 heavy (non-hydrogen) atoms. The fraction of sp³-hybridized carbons (Fsp3) is 0.231. The summed E-state index contributed by atoms with van der Waals surface area (Å²) >= 11 is 6.97. The quantitative estimate of drug-likeness (QED) is 0.354. The molecule has 5 rings (SSSR count). The minimum atomic E-state index is -4.15. The molecule has 2 heterocycles. The van der Waals surface area contributed by atoms with Gasteiger partial charge in [0, 0.05) is 29.9 Å². The fourth-order valence-corrected chi connectivity index (χ4v) is 6.54. The van der Waals surface area contributed by atoms with E-state index in [2.05, 4.69) is 15.0 Å². The van der Waals surface area contributed by atoms with Crippen LogP contribution in [0.4, 0.5) is 0 Å². The summed E-state index contributed by atoms with van der Waals surface area (Å²) < 4.78 is 40.7. The Morgan fingerprint density at radius 2 is 1.81 bits per heavy atom. The van der Waals surface area contributed by atoms with Crippen LogP contribution in [0.15, 0.2) is 71.9 Å². The lowest BCUT2D eigenvalue weighted by Gasteiger charge is -2.33. The average Bonchev–Trinajstić information content (AvgIpc) is 3.26. The van der Waals surface area contributed by atoms with E-state index < -0.39 is 26.8 Å². The van der Waals surface area contributed by atoms with Crippen LogP contribution in [0.3, 0.4) is 0 Å². The number of alkyl halides is 1. The molecule has 8 nitrogen and oxygen atoms in total. The van der Waals surface area contributed by atoms with Crippen LogP contribution in [0.1, 0.15) is 17.4 Å². The van der Waals surface area contributed by atoms with Gasteiger partial charge in [0.25, 0.3) is 0 Å². The van der Waals surface area contributed by atoms with Gasteiger partial charge in [-0.2, -0.15) is 4.72 Å². The fourth-order valence-electron chi connectivity index (χ4n) is 4.60. The van der Waals surface area contributed by atoms with Gasteiger partial charge in [-0.3, -0.25) is 9.78 Å². The summed E-state index contributed by atoms with van der Waals surface area (Å²) in [6.45, 7) is 0.275. The minimum absolute atomic E-state index is 0.0147. The van der Waals surface area contributed by atoms with E-state index in [4.69, 9.17) is 21.1 Å². The van der Waals surface area contributed by atoms with Crippen molar-refractivity contribution in [2.45, 2.75) is 22.2 Å². The molecule has 0 bridgehead atoms. The molecule has 2 atom stereocenters. The second-order valence-electron chi connectivity index (χ2n) is 8.64. The van der Waals surface area contributed by atoms with Crippen molar-refractivity contribution in [2.75, 3.05) is 20.8 Å². The predicted molar refractivity (Wildman–Crippen MR) is 138 cm³/mol. The molecule has 4 aromatic rings. The van der Waals surface area contributed by atoms with Crippen LogP contribution in [-0.2, 0) is 14.8 Å². The summed E-state index contributed by atoms with van der Waals surface area (Å²) in [5, 5.41) is 4.89. The Bertz CT molecular complexity index is 1590. The van der Waals surface area contributed by atoms with E-state index in [0.717, 1.165) is 16.2 Å². The molecule has 0 radical (unpaired) electrons. The Morgan fingerprint density at radius 1 is 1.00 bits per heavy atom. The molecule has 1 fully saturated rings. The highest BCUT2D eigenvalue weighted by Gasteiger charge is 2.52. The Balaban J connectivity index is 1.58. The molecule has 0 saturated carbocycles. The number of benzene rings is 3. The molecule has 1 amide bonds. The standard InChI is InChI=1S/C26H24ClN3O5S/c1-34-20-5-3-16-4-6-21(12-18(16)11-20)36(32,33)30-26(8-10-29-25(26)31)24(27)22-13-19-15-28-9-7-17(19)14-23(22)35-2/h3-7,9,11-15,24,30H,8,10H2,1-2H3,(H,29,31)/t24?,26-/m1/s1. The lowest BCUT2D eigenvalue weighted by molar-refractivity contribution is -0.124. The van der Waals surface area contributed by atoms with E-state index in [1.54, 1.807) is 55.9 Å². The first kappa shape index (κ1) is 24.3. The molecule has 0 spiro atoms. The second kappa shape index (κ2) is 9.24. The number of sulfonamides is 1. The number of pyridine rings is 1. The maximum atomic E-state index is 13.6. The summed E-state index contributed by atoms with van der Waals surface area (Å²) in [5.74, 6) is 0.557. The Hall–Kier alpha value is -3.40. The first-order valence-electron chi connectivity index (χ1n) is 11.2. The van der Waals surface area contributed by atoms with Crippen molar-refractivity contribution in [2.24, 2.45) is 0 Å². The molecule has 3 aromatic carbocycles. The second-order valence-corrected chi connectivity index (χ2v) is 10.8. The van der Waals surface area contributed by atoms with E-state index in [1.807, 2.05) is 12.1 Å². The molecular weight excluding hydrogens is 502 g/mol. The summed E-state index contributed by atoms with van der Waals surface area (Å²) in [4.78, 5) is 17.4. The summed E-state index contributed by atoms with van der Waals surface area (Å²) in [7, 11) is -1.10. The lowest BCUT2D eigenvalue weighted by Crippen LogP contribution is -2.56. The Labute approximate surface area is 213 Å². The number of methoxy groups -OCH3 is 2. The number of nitrogens with zero attached hydrogens (tertiary/aromatic N) is 1. The zero-order valence-electron chi connectivity index (χ0n) is 19.6. The number of rotatable bonds is 7. The van der Waals surface area contributed by atoms with E-state index in [0.29, 0.717) is 22.4 Å².